The molecule has 0 aliphatic rings. The first-order valence-corrected chi connectivity index (χ1v) is 8.82. The number of hydrogen-bond acceptors (Lipinski definition) is 5. The number of nitrogens with two attached hydrogens (primary N) is 2. The molecule has 0 rings (SSSR count). The predicted octanol–water partition coefficient (Wildman–Crippen LogP) is 0.447. The molecule has 0 saturated heterocycles. The van der Waals surface area contributed by atoms with E-state index in [2.05, 4.69) is 17.6 Å². The van der Waals surface area contributed by atoms with E-state index in [0.29, 0.717) is 6.42 Å². The molecule has 0 aromatic carbocycles. The van der Waals surface area contributed by atoms with Crippen LogP contribution in [-0.4, -0.2) is 48.1 Å². The highest BCUT2D eigenvalue weighted by Gasteiger charge is 2.25. The Bertz CT molecular complexity index is 398. The number of carboxylic acids is 1. The normalized spacial score (nSPS) is 12.8. The van der Waals surface area contributed by atoms with E-state index in [4.69, 9.17) is 16.6 Å². The predicted molar refractivity (Wildman–Crippen MR) is 98.8 cm³/mol. The summed E-state index contributed by atoms with van der Waals surface area (Å²) in [6.07, 6.45) is 2.80. The summed E-state index contributed by atoms with van der Waals surface area (Å²) in [6.45, 7) is 9.94. The number of carbonyl (C=O) groups is 3. The van der Waals surface area contributed by atoms with Gasteiger partial charge in [0, 0.05) is 0 Å². The number of hydrogen-bond donors (Lipinski definition) is 5. The number of unbranched alkanes of at least 4 members (excludes halogenated alkanes) is 1. The van der Waals surface area contributed by atoms with E-state index in [0.717, 1.165) is 6.54 Å². The van der Waals surface area contributed by atoms with E-state index in [1.54, 1.807) is 0 Å². The third-order valence-corrected chi connectivity index (χ3v) is 3.33. The summed E-state index contributed by atoms with van der Waals surface area (Å²) in [6, 6.07) is -1.47. The maximum absolute atomic E-state index is 11.9. The first-order valence-electron chi connectivity index (χ1n) is 8.82. The highest BCUT2D eigenvalue weighted by molar-refractivity contribution is 5.91. The topological polar surface area (TPSA) is 148 Å². The molecule has 7 N–H and O–H groups in total. The van der Waals surface area contributed by atoms with E-state index in [1.807, 2.05) is 27.7 Å². The lowest BCUT2D eigenvalue weighted by Crippen LogP contribution is -2.53. The molecular weight excluding hydrogens is 324 g/mol. The average molecular weight is 360 g/mol. The second kappa shape index (κ2) is 14.7. The van der Waals surface area contributed by atoms with Gasteiger partial charge in [-0.15, -0.1) is 0 Å². The molecular formula is C17H36N4O4. The van der Waals surface area contributed by atoms with Crippen molar-refractivity contribution in [2.45, 2.75) is 66.0 Å². The largest absolute Gasteiger partial charge is 0.480 e. The lowest BCUT2D eigenvalue weighted by Gasteiger charge is -2.23. The van der Waals surface area contributed by atoms with Crippen molar-refractivity contribution in [1.29, 1.82) is 0 Å². The van der Waals surface area contributed by atoms with Crippen molar-refractivity contribution in [3.05, 3.63) is 0 Å². The van der Waals surface area contributed by atoms with Gasteiger partial charge in [0.1, 0.15) is 12.6 Å². The number of aliphatic carboxylic acids is 1. The van der Waals surface area contributed by atoms with E-state index in [1.165, 1.54) is 12.8 Å². The number of rotatable bonds is 10. The molecule has 8 heteroatoms. The number of carboxylic acid groups (broad SMARTS) is 1. The maximum atomic E-state index is 11.9. The Balaban J connectivity index is 0. The zero-order valence-corrected chi connectivity index (χ0v) is 16.2. The number of amides is 2. The van der Waals surface area contributed by atoms with Gasteiger partial charge in [0.05, 0.1) is 6.04 Å². The summed E-state index contributed by atoms with van der Waals surface area (Å²) in [5.41, 5.74) is 10.9. The summed E-state index contributed by atoms with van der Waals surface area (Å²) >= 11 is 0. The van der Waals surface area contributed by atoms with Crippen LogP contribution in [0.3, 0.4) is 0 Å². The number of nitrogens with one attached hydrogen (secondary N) is 2. The van der Waals surface area contributed by atoms with Gasteiger partial charge in [0.15, 0.2) is 0 Å². The zero-order chi connectivity index (χ0) is 20.0. The van der Waals surface area contributed by atoms with Gasteiger partial charge in [0.2, 0.25) is 11.8 Å². The van der Waals surface area contributed by atoms with Crippen molar-refractivity contribution < 1.29 is 19.5 Å². The molecule has 148 valence electrons. The molecule has 0 fully saturated rings. The molecule has 0 aromatic heterocycles. The quantitative estimate of drug-likeness (QED) is 0.382. The summed E-state index contributed by atoms with van der Waals surface area (Å²) in [4.78, 5) is 34.2. The minimum atomic E-state index is -1.13. The second-order valence-corrected chi connectivity index (χ2v) is 6.71. The van der Waals surface area contributed by atoms with E-state index in [-0.39, 0.29) is 11.8 Å². The number of carbonyl (C=O) groups excluding carboxylic acids is 2. The zero-order valence-electron chi connectivity index (χ0n) is 16.2. The summed E-state index contributed by atoms with van der Waals surface area (Å²) in [5, 5.41) is 13.4. The lowest BCUT2D eigenvalue weighted by atomic mass is 10.0. The molecule has 0 aliphatic carbocycles. The lowest BCUT2D eigenvalue weighted by molar-refractivity contribution is -0.138. The van der Waals surface area contributed by atoms with Crippen LogP contribution in [0.4, 0.5) is 0 Å². The molecule has 0 radical (unpaired) electrons. The van der Waals surface area contributed by atoms with Gasteiger partial charge in [-0.1, -0.05) is 41.0 Å². The van der Waals surface area contributed by atoms with Crippen LogP contribution in [0, 0.1) is 11.8 Å². The molecule has 2 atom stereocenters. The van der Waals surface area contributed by atoms with E-state index < -0.39 is 36.4 Å². The van der Waals surface area contributed by atoms with Gasteiger partial charge in [-0.25, -0.2) is 0 Å². The standard InChI is InChI=1S/C13H25N3O4.C4H11N/c1-7(2)5-9(12(19)15-6-10(17)18)16-13(20)11(14)8(3)4;1-2-3-4-5/h7-9,11H,5-6,14H2,1-4H3,(H,15,19)(H,16,20)(H,17,18);2-5H2,1H3/t9-,11?;/m1./s1. The smallest absolute Gasteiger partial charge is 0.322 e. The molecule has 0 saturated carbocycles. The van der Waals surface area contributed by atoms with Crippen LogP contribution in [0.25, 0.3) is 0 Å². The van der Waals surface area contributed by atoms with Gasteiger partial charge >= 0.3 is 5.97 Å². The second-order valence-electron chi connectivity index (χ2n) is 6.71. The fourth-order valence-corrected chi connectivity index (χ4v) is 1.76. The monoisotopic (exact) mass is 360 g/mol. The van der Waals surface area contributed by atoms with Crippen molar-refractivity contribution in [3.63, 3.8) is 0 Å². The van der Waals surface area contributed by atoms with Gasteiger partial charge in [-0.2, -0.15) is 0 Å². The molecule has 0 heterocycles. The molecule has 2 amide bonds. The maximum Gasteiger partial charge on any atom is 0.322 e. The SMILES string of the molecule is CC(C)C[C@@H](NC(=O)C(N)C(C)C)C(=O)NCC(=O)O.CCCCN. The summed E-state index contributed by atoms with van der Waals surface area (Å²) in [5.74, 6) is -1.92. The van der Waals surface area contributed by atoms with Crippen LogP contribution in [-0.2, 0) is 14.4 Å². The Morgan fingerprint density at radius 2 is 1.64 bits per heavy atom. The van der Waals surface area contributed by atoms with Crippen molar-refractivity contribution in [3.8, 4) is 0 Å². The minimum absolute atomic E-state index is 0.0446. The fourth-order valence-electron chi connectivity index (χ4n) is 1.76. The van der Waals surface area contributed by atoms with Crippen molar-refractivity contribution in [2.24, 2.45) is 23.3 Å². The van der Waals surface area contributed by atoms with Gasteiger partial charge < -0.3 is 27.2 Å². The van der Waals surface area contributed by atoms with Gasteiger partial charge in [-0.05, 0) is 31.2 Å². The van der Waals surface area contributed by atoms with Crippen LogP contribution in [0.5, 0.6) is 0 Å². The molecule has 0 aromatic rings. The first kappa shape index (κ1) is 25.6. The minimum Gasteiger partial charge on any atom is -0.480 e. The van der Waals surface area contributed by atoms with Crippen molar-refractivity contribution in [1.82, 2.24) is 10.6 Å². The molecule has 0 bridgehead atoms. The summed E-state index contributed by atoms with van der Waals surface area (Å²) in [7, 11) is 0. The van der Waals surface area contributed by atoms with Crippen molar-refractivity contribution >= 4 is 17.8 Å². The third-order valence-electron chi connectivity index (χ3n) is 3.33. The Morgan fingerprint density at radius 3 is 1.96 bits per heavy atom. The van der Waals surface area contributed by atoms with Crippen LogP contribution < -0.4 is 22.1 Å². The third kappa shape index (κ3) is 14.4. The van der Waals surface area contributed by atoms with E-state index in [9.17, 15) is 14.4 Å². The van der Waals surface area contributed by atoms with E-state index >= 15 is 0 Å². The molecule has 8 nitrogen and oxygen atoms in total. The highest BCUT2D eigenvalue weighted by atomic mass is 16.4. The average Bonchev–Trinajstić information content (AvgIpc) is 2.51. The van der Waals surface area contributed by atoms with Crippen LogP contribution in [0.2, 0.25) is 0 Å². The first-order chi connectivity index (χ1) is 11.6. The Morgan fingerprint density at radius 1 is 1.08 bits per heavy atom. The highest BCUT2D eigenvalue weighted by Crippen LogP contribution is 2.06. The Labute approximate surface area is 151 Å². The Hall–Kier alpha value is -1.67. The van der Waals surface area contributed by atoms with Crippen LogP contribution >= 0.6 is 0 Å². The van der Waals surface area contributed by atoms with Gasteiger partial charge in [-0.3, -0.25) is 14.4 Å². The van der Waals surface area contributed by atoms with Gasteiger partial charge in [0.25, 0.3) is 0 Å². The molecule has 1 unspecified atom stereocenters. The molecule has 0 spiro atoms. The van der Waals surface area contributed by atoms with Crippen LogP contribution in [0.15, 0.2) is 0 Å². The molecule has 0 aliphatic heterocycles. The van der Waals surface area contributed by atoms with Crippen molar-refractivity contribution in [2.75, 3.05) is 13.1 Å². The molecule has 25 heavy (non-hydrogen) atoms. The van der Waals surface area contributed by atoms with Crippen LogP contribution in [0.1, 0.15) is 53.9 Å². The fraction of sp³-hybridized carbons (Fsp3) is 0.824. The Kier molecular flexibility index (Phi) is 15.0. The summed E-state index contributed by atoms with van der Waals surface area (Å²) < 4.78 is 0.